The van der Waals surface area contributed by atoms with E-state index in [0.29, 0.717) is 0 Å². The lowest BCUT2D eigenvalue weighted by atomic mass is 9.99. The summed E-state index contributed by atoms with van der Waals surface area (Å²) in [5.74, 6) is 0.958. The molecule has 0 aromatic carbocycles. The van der Waals surface area contributed by atoms with Gasteiger partial charge in [-0.1, -0.05) is 13.3 Å². The van der Waals surface area contributed by atoms with Crippen molar-refractivity contribution in [3.05, 3.63) is 12.4 Å². The zero-order valence-electron chi connectivity index (χ0n) is 11.5. The highest BCUT2D eigenvalue weighted by Gasteiger charge is 2.18. The zero-order chi connectivity index (χ0) is 12.7. The zero-order valence-corrected chi connectivity index (χ0v) is 11.5. The van der Waals surface area contributed by atoms with Crippen LogP contribution in [0.2, 0.25) is 0 Å². The molecule has 98 valence electrons. The van der Waals surface area contributed by atoms with Crippen LogP contribution >= 0.6 is 0 Å². The Bertz CT molecular complexity index is 320. The molecule has 0 fully saturated rings. The maximum atomic E-state index is 5.07. The van der Waals surface area contributed by atoms with E-state index in [-0.39, 0.29) is 5.54 Å². The van der Waals surface area contributed by atoms with E-state index in [1.54, 1.807) is 7.11 Å². The number of nitrogens with zero attached hydrogens (tertiary/aromatic N) is 2. The Morgan fingerprint density at radius 1 is 1.47 bits per heavy atom. The molecule has 0 aliphatic rings. The number of imidazole rings is 1. The highest BCUT2D eigenvalue weighted by Crippen LogP contribution is 2.18. The molecular weight excluding hydrogens is 214 g/mol. The molecule has 0 saturated heterocycles. The van der Waals surface area contributed by atoms with Gasteiger partial charge < -0.3 is 14.6 Å². The molecule has 17 heavy (non-hydrogen) atoms. The van der Waals surface area contributed by atoms with Gasteiger partial charge in [0.2, 0.25) is 5.95 Å². The van der Waals surface area contributed by atoms with Crippen LogP contribution in [0, 0.1) is 0 Å². The average Bonchev–Trinajstić information content (AvgIpc) is 2.65. The standard InChI is InChI=1S/C13H25N3O/c1-5-7-13(2,3)15-12-14-8-10-16(12)9-6-11-17-4/h8,10H,5-7,9,11H2,1-4H3,(H,14,15). The van der Waals surface area contributed by atoms with Gasteiger partial charge in [-0.2, -0.15) is 0 Å². The highest BCUT2D eigenvalue weighted by atomic mass is 16.5. The first-order valence-electron chi connectivity index (χ1n) is 6.37. The number of anilines is 1. The van der Waals surface area contributed by atoms with Crippen LogP contribution in [0.15, 0.2) is 12.4 Å². The molecule has 0 aliphatic heterocycles. The van der Waals surface area contributed by atoms with Crippen LogP contribution < -0.4 is 5.32 Å². The monoisotopic (exact) mass is 239 g/mol. The van der Waals surface area contributed by atoms with Crippen molar-refractivity contribution in [2.45, 2.75) is 52.1 Å². The number of ether oxygens (including phenoxy) is 1. The molecule has 1 heterocycles. The number of aryl methyl sites for hydroxylation is 1. The summed E-state index contributed by atoms with van der Waals surface area (Å²) < 4.78 is 7.21. The first-order valence-corrected chi connectivity index (χ1v) is 6.37. The number of nitrogens with one attached hydrogen (secondary N) is 1. The van der Waals surface area contributed by atoms with Crippen LogP contribution in [0.25, 0.3) is 0 Å². The van der Waals surface area contributed by atoms with E-state index in [0.717, 1.165) is 31.9 Å². The van der Waals surface area contributed by atoms with E-state index in [9.17, 15) is 0 Å². The third kappa shape index (κ3) is 4.77. The molecule has 0 atom stereocenters. The van der Waals surface area contributed by atoms with Gasteiger partial charge in [-0.15, -0.1) is 0 Å². The number of hydrogen-bond donors (Lipinski definition) is 1. The Balaban J connectivity index is 2.56. The molecular formula is C13H25N3O. The van der Waals surface area contributed by atoms with Gasteiger partial charge in [0.1, 0.15) is 0 Å². The molecule has 0 spiro atoms. The second kappa shape index (κ2) is 6.64. The van der Waals surface area contributed by atoms with Crippen molar-refractivity contribution in [3.63, 3.8) is 0 Å². The Morgan fingerprint density at radius 3 is 2.88 bits per heavy atom. The largest absolute Gasteiger partial charge is 0.385 e. The molecule has 0 bridgehead atoms. The van der Waals surface area contributed by atoms with Gasteiger partial charge in [-0.3, -0.25) is 0 Å². The maximum Gasteiger partial charge on any atom is 0.203 e. The fourth-order valence-corrected chi connectivity index (χ4v) is 1.98. The fraction of sp³-hybridized carbons (Fsp3) is 0.769. The maximum absolute atomic E-state index is 5.07. The second-order valence-corrected chi connectivity index (χ2v) is 5.05. The lowest BCUT2D eigenvalue weighted by Crippen LogP contribution is -2.32. The molecule has 0 radical (unpaired) electrons. The minimum Gasteiger partial charge on any atom is -0.385 e. The van der Waals surface area contributed by atoms with Crippen LogP contribution in [-0.2, 0) is 11.3 Å². The van der Waals surface area contributed by atoms with E-state index in [1.165, 1.54) is 6.42 Å². The number of rotatable bonds is 8. The van der Waals surface area contributed by atoms with Crippen LogP contribution in [0.4, 0.5) is 5.95 Å². The van der Waals surface area contributed by atoms with Gasteiger partial charge in [-0.25, -0.2) is 4.98 Å². The second-order valence-electron chi connectivity index (χ2n) is 5.05. The van der Waals surface area contributed by atoms with Crippen LogP contribution in [0.5, 0.6) is 0 Å². The first-order chi connectivity index (χ1) is 8.09. The summed E-state index contributed by atoms with van der Waals surface area (Å²) in [6.07, 6.45) is 7.18. The molecule has 1 aromatic rings. The topological polar surface area (TPSA) is 39.1 Å². The quantitative estimate of drug-likeness (QED) is 0.709. The van der Waals surface area contributed by atoms with Gasteiger partial charge in [-0.05, 0) is 26.7 Å². The third-order valence-corrected chi connectivity index (χ3v) is 2.79. The van der Waals surface area contributed by atoms with Crippen LogP contribution in [-0.4, -0.2) is 28.8 Å². The van der Waals surface area contributed by atoms with Gasteiger partial charge in [0.05, 0.1) is 0 Å². The molecule has 4 heteroatoms. The predicted octanol–water partition coefficient (Wildman–Crippen LogP) is 2.91. The first kappa shape index (κ1) is 14.0. The van der Waals surface area contributed by atoms with Gasteiger partial charge >= 0.3 is 0 Å². The highest BCUT2D eigenvalue weighted by molar-refractivity contribution is 5.29. The Hall–Kier alpha value is -1.03. The van der Waals surface area contributed by atoms with Crippen molar-refractivity contribution in [3.8, 4) is 0 Å². The van der Waals surface area contributed by atoms with E-state index >= 15 is 0 Å². The lowest BCUT2D eigenvalue weighted by molar-refractivity contribution is 0.190. The molecule has 0 amide bonds. The molecule has 4 nitrogen and oxygen atoms in total. The fourth-order valence-electron chi connectivity index (χ4n) is 1.98. The molecule has 0 unspecified atom stereocenters. The lowest BCUT2D eigenvalue weighted by Gasteiger charge is -2.26. The predicted molar refractivity (Wildman–Crippen MR) is 71.3 cm³/mol. The van der Waals surface area contributed by atoms with Crippen molar-refractivity contribution < 1.29 is 4.74 Å². The summed E-state index contributed by atoms with van der Waals surface area (Å²) in [5.41, 5.74) is 0.0963. The Kier molecular flexibility index (Phi) is 5.48. The van der Waals surface area contributed by atoms with E-state index in [4.69, 9.17) is 4.74 Å². The molecule has 0 saturated carbocycles. The summed E-state index contributed by atoms with van der Waals surface area (Å²) in [6, 6.07) is 0. The van der Waals surface area contributed by atoms with E-state index < -0.39 is 0 Å². The minimum atomic E-state index is 0.0963. The van der Waals surface area contributed by atoms with E-state index in [2.05, 4.69) is 35.6 Å². The summed E-state index contributed by atoms with van der Waals surface area (Å²) in [6.45, 7) is 8.36. The minimum absolute atomic E-state index is 0.0963. The van der Waals surface area contributed by atoms with Crippen molar-refractivity contribution in [1.29, 1.82) is 0 Å². The normalized spacial score (nSPS) is 11.8. The molecule has 0 aliphatic carbocycles. The van der Waals surface area contributed by atoms with E-state index in [1.807, 2.05) is 12.4 Å². The van der Waals surface area contributed by atoms with Gasteiger partial charge in [0, 0.05) is 38.2 Å². The van der Waals surface area contributed by atoms with Gasteiger partial charge in [0.25, 0.3) is 0 Å². The smallest absolute Gasteiger partial charge is 0.203 e. The molecule has 1 N–H and O–H groups in total. The van der Waals surface area contributed by atoms with Crippen molar-refractivity contribution >= 4 is 5.95 Å². The summed E-state index contributed by atoms with van der Waals surface area (Å²) in [4.78, 5) is 4.37. The number of hydrogen-bond acceptors (Lipinski definition) is 3. The number of aromatic nitrogens is 2. The van der Waals surface area contributed by atoms with Gasteiger partial charge in [0.15, 0.2) is 0 Å². The summed E-state index contributed by atoms with van der Waals surface area (Å²) >= 11 is 0. The number of methoxy groups -OCH3 is 1. The van der Waals surface area contributed by atoms with Crippen LogP contribution in [0.3, 0.4) is 0 Å². The Labute approximate surface area is 104 Å². The third-order valence-electron chi connectivity index (χ3n) is 2.79. The van der Waals surface area contributed by atoms with Crippen molar-refractivity contribution in [2.24, 2.45) is 0 Å². The average molecular weight is 239 g/mol. The SMILES string of the molecule is CCCC(C)(C)Nc1nccn1CCCOC. The molecule has 1 rings (SSSR count). The summed E-state index contributed by atoms with van der Waals surface area (Å²) in [5, 5.41) is 3.51. The van der Waals surface area contributed by atoms with Crippen molar-refractivity contribution in [1.82, 2.24) is 9.55 Å². The summed E-state index contributed by atoms with van der Waals surface area (Å²) in [7, 11) is 1.73. The Morgan fingerprint density at radius 2 is 2.24 bits per heavy atom. The molecule has 1 aromatic heterocycles. The van der Waals surface area contributed by atoms with Crippen molar-refractivity contribution in [2.75, 3.05) is 19.0 Å². The van der Waals surface area contributed by atoms with Crippen LogP contribution in [0.1, 0.15) is 40.0 Å².